The molecule has 3 atom stereocenters. The van der Waals surface area contributed by atoms with Gasteiger partial charge in [0.05, 0.1) is 0 Å². The van der Waals surface area contributed by atoms with Gasteiger partial charge in [0.1, 0.15) is 0 Å². The SMILES string of the molecule is CO[C@H](c1ccccc1)[C@H]1C[Se+](C)c2ccccc2C1=O. The summed E-state index contributed by atoms with van der Waals surface area (Å²) in [6.07, 6.45) is -0.141. The number of benzene rings is 2. The van der Waals surface area contributed by atoms with Crippen LogP contribution >= 0.6 is 0 Å². The Labute approximate surface area is 130 Å². The van der Waals surface area contributed by atoms with Gasteiger partial charge in [0.25, 0.3) is 0 Å². The molecular weight excluding hydrogens is 327 g/mol. The summed E-state index contributed by atoms with van der Waals surface area (Å²) in [5.74, 6) is 2.50. The van der Waals surface area contributed by atoms with E-state index in [4.69, 9.17) is 4.74 Å². The molecule has 1 aliphatic heterocycles. The minimum atomic E-state index is -0.937. The van der Waals surface area contributed by atoms with Gasteiger partial charge in [-0.15, -0.1) is 0 Å². The van der Waals surface area contributed by atoms with E-state index in [-0.39, 0.29) is 17.8 Å². The molecule has 108 valence electrons. The Kier molecular flexibility index (Phi) is 4.25. The molecule has 2 aromatic carbocycles. The Balaban J connectivity index is 1.98. The van der Waals surface area contributed by atoms with E-state index in [1.54, 1.807) is 7.11 Å². The normalized spacial score (nSPS) is 22.7. The Morgan fingerprint density at radius 2 is 1.76 bits per heavy atom. The third-order valence-electron chi connectivity index (χ3n) is 4.04. The van der Waals surface area contributed by atoms with Crippen LogP contribution in [0.25, 0.3) is 0 Å². The van der Waals surface area contributed by atoms with E-state index in [0.29, 0.717) is 0 Å². The molecule has 21 heavy (non-hydrogen) atoms. The zero-order valence-electron chi connectivity index (χ0n) is 12.3. The summed E-state index contributed by atoms with van der Waals surface area (Å²) in [5.41, 5.74) is 2.01. The summed E-state index contributed by atoms with van der Waals surface area (Å²) in [7, 11) is 1.70. The van der Waals surface area contributed by atoms with Gasteiger partial charge in [-0.2, -0.15) is 0 Å². The Morgan fingerprint density at radius 3 is 2.48 bits per heavy atom. The van der Waals surface area contributed by atoms with Gasteiger partial charge in [-0.25, -0.2) is 0 Å². The summed E-state index contributed by atoms with van der Waals surface area (Å²) in [6.45, 7) is 0. The Bertz CT molecular complexity index is 639. The zero-order valence-corrected chi connectivity index (χ0v) is 14.0. The third kappa shape index (κ3) is 2.69. The average molecular weight is 346 g/mol. The molecule has 0 bridgehead atoms. The molecular formula is C18H19O2Se+. The fraction of sp³-hybridized carbons (Fsp3) is 0.278. The van der Waals surface area contributed by atoms with Crippen molar-refractivity contribution in [2.45, 2.75) is 17.2 Å². The second-order valence-corrected chi connectivity index (χ2v) is 9.63. The predicted molar refractivity (Wildman–Crippen MR) is 86.5 cm³/mol. The topological polar surface area (TPSA) is 26.3 Å². The molecule has 0 radical (unpaired) electrons. The van der Waals surface area contributed by atoms with Crippen LogP contribution in [0.2, 0.25) is 11.1 Å². The Morgan fingerprint density at radius 1 is 1.10 bits per heavy atom. The van der Waals surface area contributed by atoms with Gasteiger partial charge < -0.3 is 0 Å². The van der Waals surface area contributed by atoms with Crippen molar-refractivity contribution in [2.75, 3.05) is 7.11 Å². The van der Waals surface area contributed by atoms with Gasteiger partial charge >= 0.3 is 130 Å². The first kappa shape index (κ1) is 14.5. The van der Waals surface area contributed by atoms with Crippen LogP contribution in [0, 0.1) is 5.92 Å². The maximum absolute atomic E-state index is 12.9. The van der Waals surface area contributed by atoms with Crippen molar-refractivity contribution in [1.82, 2.24) is 0 Å². The quantitative estimate of drug-likeness (QED) is 0.798. The van der Waals surface area contributed by atoms with Gasteiger partial charge in [-0.05, 0) is 0 Å². The van der Waals surface area contributed by atoms with Crippen LogP contribution in [-0.4, -0.2) is 26.8 Å². The maximum atomic E-state index is 12.9. The van der Waals surface area contributed by atoms with E-state index in [1.165, 1.54) is 4.46 Å². The molecule has 0 aromatic heterocycles. The van der Waals surface area contributed by atoms with Crippen molar-refractivity contribution in [3.63, 3.8) is 0 Å². The number of carbonyl (C=O) groups is 1. The molecule has 2 nitrogen and oxygen atoms in total. The van der Waals surface area contributed by atoms with Crippen LogP contribution in [-0.2, 0) is 4.74 Å². The molecule has 2 aromatic rings. The second-order valence-electron chi connectivity index (χ2n) is 5.34. The number of methoxy groups -OCH3 is 1. The standard InChI is InChI=1S/C18H19O2Se/c1-20-18(13-8-4-3-5-9-13)15-12-21(2)16-11-7-6-10-14(16)17(15)19/h3-11,15,18H,12H2,1-2H3/q+1/t15-,18+,21?/m0/s1. The molecule has 3 rings (SSSR count). The number of ketones is 1. The summed E-state index contributed by atoms with van der Waals surface area (Å²) in [4.78, 5) is 12.9. The van der Waals surface area contributed by atoms with Gasteiger partial charge in [-0.1, -0.05) is 0 Å². The van der Waals surface area contributed by atoms with Crippen molar-refractivity contribution in [3.8, 4) is 0 Å². The van der Waals surface area contributed by atoms with E-state index in [9.17, 15) is 4.79 Å². The molecule has 0 fully saturated rings. The first-order chi connectivity index (χ1) is 10.2. The number of Topliss-reactive ketones (excluding diaryl/α,β-unsaturated/α-hetero) is 1. The van der Waals surface area contributed by atoms with Crippen molar-refractivity contribution in [1.29, 1.82) is 0 Å². The number of hydrogen-bond acceptors (Lipinski definition) is 2. The summed E-state index contributed by atoms with van der Waals surface area (Å²) >= 11 is -0.937. The predicted octanol–water partition coefficient (Wildman–Crippen LogP) is 3.22. The van der Waals surface area contributed by atoms with Crippen LogP contribution < -0.4 is 4.46 Å². The molecule has 1 aliphatic rings. The fourth-order valence-corrected chi connectivity index (χ4v) is 6.99. The number of fused-ring (bicyclic) bond motifs is 1. The summed E-state index contributed by atoms with van der Waals surface area (Å²) < 4.78 is 7.00. The van der Waals surface area contributed by atoms with Crippen LogP contribution in [0.15, 0.2) is 54.6 Å². The van der Waals surface area contributed by atoms with Gasteiger partial charge in [-0.3, -0.25) is 0 Å². The molecule has 3 heteroatoms. The number of rotatable bonds is 3. The molecule has 0 N–H and O–H groups in total. The molecule has 0 saturated heterocycles. The molecule has 0 aliphatic carbocycles. The molecule has 1 unspecified atom stereocenters. The van der Waals surface area contributed by atoms with Crippen molar-refractivity contribution < 1.29 is 9.53 Å². The monoisotopic (exact) mass is 347 g/mol. The Hall–Kier alpha value is -1.41. The molecule has 1 heterocycles. The first-order valence-corrected chi connectivity index (χ1v) is 10.8. The van der Waals surface area contributed by atoms with E-state index in [2.05, 4.69) is 11.9 Å². The number of carbonyl (C=O) groups excluding carboxylic acids is 1. The van der Waals surface area contributed by atoms with Crippen molar-refractivity contribution >= 4 is 24.1 Å². The van der Waals surface area contributed by atoms with Gasteiger partial charge in [0, 0.05) is 0 Å². The number of ether oxygens (including phenoxy) is 1. The van der Waals surface area contributed by atoms with Crippen LogP contribution in [0.4, 0.5) is 0 Å². The summed E-state index contributed by atoms with van der Waals surface area (Å²) in [5, 5.41) is 0.962. The first-order valence-electron chi connectivity index (χ1n) is 7.06. The van der Waals surface area contributed by atoms with E-state index < -0.39 is 13.9 Å². The minimum absolute atomic E-state index is 0.0534. The molecule has 0 saturated carbocycles. The van der Waals surface area contributed by atoms with Crippen LogP contribution in [0.3, 0.4) is 0 Å². The zero-order chi connectivity index (χ0) is 14.8. The van der Waals surface area contributed by atoms with Gasteiger partial charge in [0.2, 0.25) is 0 Å². The summed E-state index contributed by atoms with van der Waals surface area (Å²) in [6, 6.07) is 18.2. The number of hydrogen-bond donors (Lipinski definition) is 0. The van der Waals surface area contributed by atoms with Crippen molar-refractivity contribution in [2.24, 2.45) is 5.92 Å². The van der Waals surface area contributed by atoms with E-state index in [1.807, 2.05) is 48.5 Å². The molecule has 0 amide bonds. The van der Waals surface area contributed by atoms with E-state index in [0.717, 1.165) is 16.4 Å². The van der Waals surface area contributed by atoms with Crippen LogP contribution in [0.5, 0.6) is 0 Å². The fourth-order valence-electron chi connectivity index (χ4n) is 3.01. The molecule has 0 spiro atoms. The van der Waals surface area contributed by atoms with E-state index >= 15 is 0 Å². The van der Waals surface area contributed by atoms with Crippen LogP contribution in [0.1, 0.15) is 22.0 Å². The van der Waals surface area contributed by atoms with Gasteiger partial charge in [0.15, 0.2) is 0 Å². The average Bonchev–Trinajstić information content (AvgIpc) is 2.54. The third-order valence-corrected chi connectivity index (χ3v) is 8.17. The second kappa shape index (κ2) is 6.15. The van der Waals surface area contributed by atoms with Crippen molar-refractivity contribution in [3.05, 3.63) is 65.7 Å².